The monoisotopic (exact) mass is 294 g/mol. The molecule has 19 heavy (non-hydrogen) atoms. The lowest BCUT2D eigenvalue weighted by Gasteiger charge is -1.97. The molecular weight excluding hydrogens is 284 g/mol. The highest BCUT2D eigenvalue weighted by atomic mass is 35.5. The number of thiazole rings is 1. The summed E-state index contributed by atoms with van der Waals surface area (Å²) < 4.78 is 0. The molecule has 2 rings (SSSR count). The SMILES string of the molecule is Nc1nc(CC(=O)N/N=C/c2cccc(Cl)c2)cs1. The van der Waals surface area contributed by atoms with Gasteiger partial charge in [-0.1, -0.05) is 23.7 Å². The minimum absolute atomic E-state index is 0.153. The van der Waals surface area contributed by atoms with Crippen LogP contribution in [0.2, 0.25) is 5.02 Å². The number of nitrogens with two attached hydrogens (primary N) is 1. The number of nitrogens with zero attached hydrogens (tertiary/aromatic N) is 2. The van der Waals surface area contributed by atoms with Gasteiger partial charge >= 0.3 is 0 Å². The number of carbonyl (C=O) groups is 1. The number of nitrogens with one attached hydrogen (secondary N) is 1. The zero-order valence-corrected chi connectivity index (χ0v) is 11.4. The van der Waals surface area contributed by atoms with E-state index in [-0.39, 0.29) is 12.3 Å². The second-order valence-electron chi connectivity index (χ2n) is 3.70. The molecule has 0 unspecified atom stereocenters. The molecule has 0 radical (unpaired) electrons. The second-order valence-corrected chi connectivity index (χ2v) is 5.03. The smallest absolute Gasteiger partial charge is 0.246 e. The van der Waals surface area contributed by atoms with E-state index in [1.54, 1.807) is 17.5 Å². The highest BCUT2D eigenvalue weighted by Gasteiger charge is 2.05. The average Bonchev–Trinajstić information content (AvgIpc) is 2.75. The molecule has 0 bridgehead atoms. The first-order valence-electron chi connectivity index (χ1n) is 5.41. The summed E-state index contributed by atoms with van der Waals surface area (Å²) >= 11 is 7.13. The molecule has 5 nitrogen and oxygen atoms in total. The Kier molecular flexibility index (Phi) is 4.48. The van der Waals surface area contributed by atoms with Gasteiger partial charge in [-0.05, 0) is 17.7 Å². The van der Waals surface area contributed by atoms with E-state index in [1.165, 1.54) is 17.6 Å². The predicted octanol–water partition coefficient (Wildman–Crippen LogP) is 2.07. The number of anilines is 1. The van der Waals surface area contributed by atoms with Gasteiger partial charge in [0.1, 0.15) is 0 Å². The number of amides is 1. The van der Waals surface area contributed by atoms with Crippen LogP contribution in [0.5, 0.6) is 0 Å². The van der Waals surface area contributed by atoms with E-state index in [9.17, 15) is 4.79 Å². The van der Waals surface area contributed by atoms with Gasteiger partial charge in [0.2, 0.25) is 5.91 Å². The molecule has 1 amide bonds. The first-order chi connectivity index (χ1) is 9.13. The number of hydrogen-bond donors (Lipinski definition) is 2. The van der Waals surface area contributed by atoms with Crippen molar-refractivity contribution >= 4 is 40.2 Å². The lowest BCUT2D eigenvalue weighted by atomic mass is 10.2. The van der Waals surface area contributed by atoms with Gasteiger partial charge < -0.3 is 5.73 Å². The molecule has 0 aliphatic heterocycles. The summed E-state index contributed by atoms with van der Waals surface area (Å²) in [6.45, 7) is 0. The van der Waals surface area contributed by atoms with Crippen molar-refractivity contribution in [3.05, 3.63) is 45.9 Å². The van der Waals surface area contributed by atoms with Crippen LogP contribution in [-0.4, -0.2) is 17.1 Å². The van der Waals surface area contributed by atoms with Gasteiger partial charge in [0.25, 0.3) is 0 Å². The maximum atomic E-state index is 11.6. The zero-order chi connectivity index (χ0) is 13.7. The number of benzene rings is 1. The number of aromatic nitrogens is 1. The van der Waals surface area contributed by atoms with Crippen LogP contribution in [0.4, 0.5) is 5.13 Å². The van der Waals surface area contributed by atoms with Gasteiger partial charge in [0.15, 0.2) is 5.13 Å². The first kappa shape index (κ1) is 13.5. The number of nitrogen functional groups attached to an aromatic ring is 1. The second kappa shape index (κ2) is 6.31. The Bertz CT molecular complexity index is 611. The Labute approximate surface area is 119 Å². The summed E-state index contributed by atoms with van der Waals surface area (Å²) in [5.74, 6) is -0.247. The van der Waals surface area contributed by atoms with E-state index in [1.807, 2.05) is 12.1 Å². The molecule has 0 atom stereocenters. The number of halogens is 1. The summed E-state index contributed by atoms with van der Waals surface area (Å²) in [6.07, 6.45) is 1.68. The Hall–Kier alpha value is -1.92. The number of hydrogen-bond acceptors (Lipinski definition) is 5. The molecule has 7 heteroatoms. The number of rotatable bonds is 4. The molecule has 1 aromatic carbocycles. The van der Waals surface area contributed by atoms with Gasteiger partial charge in [-0.25, -0.2) is 10.4 Å². The van der Waals surface area contributed by atoms with Crippen LogP contribution in [0, 0.1) is 0 Å². The van der Waals surface area contributed by atoms with Crippen molar-refractivity contribution in [2.24, 2.45) is 5.10 Å². The van der Waals surface area contributed by atoms with E-state index in [2.05, 4.69) is 15.5 Å². The lowest BCUT2D eigenvalue weighted by Crippen LogP contribution is -2.19. The van der Waals surface area contributed by atoms with Crippen LogP contribution in [0.3, 0.4) is 0 Å². The molecule has 1 heterocycles. The summed E-state index contributed by atoms with van der Waals surface area (Å²) in [5.41, 5.74) is 9.35. The Morgan fingerprint density at radius 3 is 3.11 bits per heavy atom. The van der Waals surface area contributed by atoms with Gasteiger partial charge in [-0.15, -0.1) is 11.3 Å². The van der Waals surface area contributed by atoms with E-state index in [0.717, 1.165) is 5.56 Å². The third-order valence-electron chi connectivity index (χ3n) is 2.16. The molecule has 0 saturated heterocycles. The van der Waals surface area contributed by atoms with Crippen molar-refractivity contribution in [3.63, 3.8) is 0 Å². The lowest BCUT2D eigenvalue weighted by molar-refractivity contribution is -0.120. The highest BCUT2D eigenvalue weighted by molar-refractivity contribution is 7.13. The summed E-state index contributed by atoms with van der Waals surface area (Å²) in [7, 11) is 0. The van der Waals surface area contributed by atoms with E-state index in [0.29, 0.717) is 15.8 Å². The van der Waals surface area contributed by atoms with Crippen molar-refractivity contribution in [1.82, 2.24) is 10.4 Å². The fourth-order valence-electron chi connectivity index (χ4n) is 1.37. The van der Waals surface area contributed by atoms with Gasteiger partial charge in [-0.2, -0.15) is 5.10 Å². The summed E-state index contributed by atoms with van der Waals surface area (Å²) in [5, 5.41) is 6.66. The van der Waals surface area contributed by atoms with Crippen molar-refractivity contribution < 1.29 is 4.79 Å². The van der Waals surface area contributed by atoms with Crippen LogP contribution in [0.1, 0.15) is 11.3 Å². The van der Waals surface area contributed by atoms with E-state index in [4.69, 9.17) is 17.3 Å². The minimum Gasteiger partial charge on any atom is -0.375 e. The normalized spacial score (nSPS) is 10.8. The van der Waals surface area contributed by atoms with Crippen molar-refractivity contribution in [3.8, 4) is 0 Å². The highest BCUT2D eigenvalue weighted by Crippen LogP contribution is 2.11. The largest absolute Gasteiger partial charge is 0.375 e. The maximum Gasteiger partial charge on any atom is 0.246 e. The molecule has 2 aromatic rings. The number of carbonyl (C=O) groups excluding carboxylic acids is 1. The molecule has 0 aliphatic carbocycles. The van der Waals surface area contributed by atoms with Gasteiger partial charge in [-0.3, -0.25) is 4.79 Å². The predicted molar refractivity (Wildman–Crippen MR) is 77.4 cm³/mol. The Morgan fingerprint density at radius 1 is 1.58 bits per heavy atom. The van der Waals surface area contributed by atoms with E-state index >= 15 is 0 Å². The summed E-state index contributed by atoms with van der Waals surface area (Å²) in [6, 6.07) is 7.16. The third kappa shape index (κ3) is 4.35. The van der Waals surface area contributed by atoms with Gasteiger partial charge in [0, 0.05) is 10.4 Å². The quantitative estimate of drug-likeness (QED) is 0.669. The minimum atomic E-state index is -0.247. The van der Waals surface area contributed by atoms with Crippen LogP contribution in [0.25, 0.3) is 0 Å². The molecule has 1 aromatic heterocycles. The standard InChI is InChI=1S/C12H11ClN4OS/c13-9-3-1-2-8(4-9)6-15-17-11(18)5-10-7-19-12(14)16-10/h1-4,6-7H,5H2,(H2,14,16)(H,17,18)/b15-6+. The third-order valence-corrected chi connectivity index (χ3v) is 3.12. The summed E-state index contributed by atoms with van der Waals surface area (Å²) in [4.78, 5) is 15.5. The average molecular weight is 295 g/mol. The van der Waals surface area contributed by atoms with Crippen LogP contribution >= 0.6 is 22.9 Å². The van der Waals surface area contributed by atoms with Crippen molar-refractivity contribution in [2.45, 2.75) is 6.42 Å². The Morgan fingerprint density at radius 2 is 2.42 bits per heavy atom. The molecule has 3 N–H and O–H groups in total. The molecule has 0 aliphatic rings. The zero-order valence-electron chi connectivity index (χ0n) is 9.84. The van der Waals surface area contributed by atoms with Crippen LogP contribution in [0.15, 0.2) is 34.7 Å². The Balaban J connectivity index is 1.86. The fourth-order valence-corrected chi connectivity index (χ4v) is 2.14. The number of hydrazone groups is 1. The fraction of sp³-hybridized carbons (Fsp3) is 0.0833. The van der Waals surface area contributed by atoms with Crippen LogP contribution in [-0.2, 0) is 11.2 Å². The molecule has 0 saturated carbocycles. The molecule has 98 valence electrons. The van der Waals surface area contributed by atoms with Gasteiger partial charge in [0.05, 0.1) is 18.3 Å². The topological polar surface area (TPSA) is 80.4 Å². The van der Waals surface area contributed by atoms with E-state index < -0.39 is 0 Å². The van der Waals surface area contributed by atoms with Crippen LogP contribution < -0.4 is 11.2 Å². The first-order valence-corrected chi connectivity index (χ1v) is 6.66. The van der Waals surface area contributed by atoms with Crippen molar-refractivity contribution in [2.75, 3.05) is 5.73 Å². The molecule has 0 fully saturated rings. The molecule has 0 spiro atoms. The van der Waals surface area contributed by atoms with Crippen molar-refractivity contribution in [1.29, 1.82) is 0 Å². The molecular formula is C12H11ClN4OS. The maximum absolute atomic E-state index is 11.6.